The van der Waals surface area contributed by atoms with Crippen LogP contribution in [0, 0.1) is 13.8 Å². The Bertz CT molecular complexity index is 870. The lowest BCUT2D eigenvalue weighted by Gasteiger charge is -2.10. The first-order chi connectivity index (χ1) is 12.1. The smallest absolute Gasteiger partial charge is 0.221 e. The van der Waals surface area contributed by atoms with Crippen LogP contribution < -0.4 is 10.1 Å². The van der Waals surface area contributed by atoms with E-state index in [4.69, 9.17) is 4.74 Å². The summed E-state index contributed by atoms with van der Waals surface area (Å²) in [7, 11) is 0. The lowest BCUT2D eigenvalue weighted by atomic mass is 10.1. The van der Waals surface area contributed by atoms with Crippen LogP contribution in [0.3, 0.4) is 0 Å². The van der Waals surface area contributed by atoms with Gasteiger partial charge in [0.25, 0.3) is 0 Å². The predicted molar refractivity (Wildman–Crippen MR) is 98.8 cm³/mol. The molecule has 5 heteroatoms. The number of benzene rings is 2. The molecule has 3 rings (SSSR count). The number of para-hydroxylation sites is 2. The van der Waals surface area contributed by atoms with Gasteiger partial charge in [0.05, 0.1) is 23.9 Å². The molecule has 0 atom stereocenters. The average molecular weight is 337 g/mol. The summed E-state index contributed by atoms with van der Waals surface area (Å²) in [6.45, 7) is 5.70. The van der Waals surface area contributed by atoms with Crippen molar-refractivity contribution in [1.82, 2.24) is 14.9 Å². The Morgan fingerprint density at radius 3 is 2.84 bits per heavy atom. The number of carbonyl (C=O) groups excluding carboxylic acids is 1. The van der Waals surface area contributed by atoms with Crippen molar-refractivity contribution in [2.24, 2.45) is 0 Å². The minimum atomic E-state index is 0.0152. The number of carbonyl (C=O) groups is 1. The Morgan fingerprint density at radius 2 is 2.00 bits per heavy atom. The van der Waals surface area contributed by atoms with Crippen molar-refractivity contribution in [2.45, 2.75) is 26.8 Å². The van der Waals surface area contributed by atoms with Crippen LogP contribution in [0.2, 0.25) is 0 Å². The van der Waals surface area contributed by atoms with Crippen molar-refractivity contribution in [1.29, 1.82) is 0 Å². The second kappa shape index (κ2) is 7.83. The minimum Gasteiger partial charge on any atom is -0.492 e. The molecule has 3 aromatic rings. The summed E-state index contributed by atoms with van der Waals surface area (Å²) in [5.41, 5.74) is 4.44. The molecule has 0 radical (unpaired) electrons. The zero-order chi connectivity index (χ0) is 17.6. The molecule has 0 aliphatic heterocycles. The fourth-order valence-electron chi connectivity index (χ4n) is 2.66. The summed E-state index contributed by atoms with van der Waals surface area (Å²) in [5.74, 6) is 0.851. The van der Waals surface area contributed by atoms with Crippen molar-refractivity contribution in [3.05, 3.63) is 59.9 Å². The quantitative estimate of drug-likeness (QED) is 0.674. The summed E-state index contributed by atoms with van der Waals surface area (Å²) >= 11 is 0. The van der Waals surface area contributed by atoms with E-state index in [0.29, 0.717) is 26.1 Å². The maximum atomic E-state index is 12.0. The lowest BCUT2D eigenvalue weighted by molar-refractivity contribution is -0.121. The van der Waals surface area contributed by atoms with Crippen LogP contribution in [0.25, 0.3) is 11.0 Å². The molecule has 1 amide bonds. The maximum Gasteiger partial charge on any atom is 0.221 e. The number of aryl methyl sites for hydroxylation is 3. The molecular weight excluding hydrogens is 314 g/mol. The number of ether oxygens (including phenoxy) is 1. The zero-order valence-electron chi connectivity index (χ0n) is 14.7. The third kappa shape index (κ3) is 4.38. The molecule has 0 unspecified atom stereocenters. The molecule has 0 spiro atoms. The van der Waals surface area contributed by atoms with Gasteiger partial charge in [0, 0.05) is 13.0 Å². The van der Waals surface area contributed by atoms with E-state index in [1.54, 1.807) is 6.33 Å². The molecule has 0 saturated carbocycles. The van der Waals surface area contributed by atoms with Gasteiger partial charge in [-0.15, -0.1) is 0 Å². The SMILES string of the molecule is Cc1ccc(OCCNC(=O)CCn2cnc3ccccc32)cc1C. The number of imidazole rings is 1. The average Bonchev–Trinajstić information content (AvgIpc) is 3.03. The van der Waals surface area contributed by atoms with Gasteiger partial charge >= 0.3 is 0 Å². The van der Waals surface area contributed by atoms with E-state index in [0.717, 1.165) is 16.8 Å². The molecule has 1 N–H and O–H groups in total. The third-order valence-electron chi connectivity index (χ3n) is 4.28. The van der Waals surface area contributed by atoms with Crippen molar-refractivity contribution in [3.8, 4) is 5.75 Å². The summed E-state index contributed by atoms with van der Waals surface area (Å²) in [6.07, 6.45) is 2.20. The number of fused-ring (bicyclic) bond motifs is 1. The molecule has 5 nitrogen and oxygen atoms in total. The highest BCUT2D eigenvalue weighted by Crippen LogP contribution is 2.16. The Hall–Kier alpha value is -2.82. The molecule has 0 aliphatic rings. The van der Waals surface area contributed by atoms with Crippen molar-refractivity contribution in [3.63, 3.8) is 0 Å². The van der Waals surface area contributed by atoms with Crippen LogP contribution in [0.5, 0.6) is 5.75 Å². The lowest BCUT2D eigenvalue weighted by Crippen LogP contribution is -2.28. The highest BCUT2D eigenvalue weighted by atomic mass is 16.5. The molecule has 130 valence electrons. The second-order valence-electron chi connectivity index (χ2n) is 6.12. The number of nitrogens with one attached hydrogen (secondary N) is 1. The van der Waals surface area contributed by atoms with E-state index in [-0.39, 0.29) is 5.91 Å². The van der Waals surface area contributed by atoms with Crippen molar-refractivity contribution in [2.75, 3.05) is 13.2 Å². The van der Waals surface area contributed by atoms with Crippen LogP contribution >= 0.6 is 0 Å². The summed E-state index contributed by atoms with van der Waals surface area (Å²) in [6, 6.07) is 13.9. The normalized spacial score (nSPS) is 10.8. The number of nitrogens with zero attached hydrogens (tertiary/aromatic N) is 2. The summed E-state index contributed by atoms with van der Waals surface area (Å²) in [4.78, 5) is 16.3. The molecule has 0 bridgehead atoms. The first-order valence-corrected chi connectivity index (χ1v) is 8.50. The van der Waals surface area contributed by atoms with E-state index in [2.05, 4.69) is 24.1 Å². The Labute approximate surface area is 147 Å². The summed E-state index contributed by atoms with van der Waals surface area (Å²) < 4.78 is 7.67. The fraction of sp³-hybridized carbons (Fsp3) is 0.300. The molecule has 0 aliphatic carbocycles. The molecule has 2 aromatic carbocycles. The predicted octanol–water partition coefficient (Wildman–Crippen LogP) is 3.24. The van der Waals surface area contributed by atoms with E-state index < -0.39 is 0 Å². The second-order valence-corrected chi connectivity index (χ2v) is 6.12. The van der Waals surface area contributed by atoms with Crippen LogP contribution in [-0.2, 0) is 11.3 Å². The molecule has 1 aromatic heterocycles. The number of hydrogen-bond acceptors (Lipinski definition) is 3. The number of rotatable bonds is 7. The molecule has 25 heavy (non-hydrogen) atoms. The Balaban J connectivity index is 1.40. The molecular formula is C20H23N3O2. The Morgan fingerprint density at radius 1 is 1.16 bits per heavy atom. The van der Waals surface area contributed by atoms with Gasteiger partial charge in [-0.2, -0.15) is 0 Å². The van der Waals surface area contributed by atoms with Gasteiger partial charge in [-0.25, -0.2) is 4.98 Å². The first-order valence-electron chi connectivity index (χ1n) is 8.50. The van der Waals surface area contributed by atoms with Gasteiger partial charge in [0.15, 0.2) is 0 Å². The first kappa shape index (κ1) is 17.0. The van der Waals surface area contributed by atoms with Crippen molar-refractivity contribution >= 4 is 16.9 Å². The van der Waals surface area contributed by atoms with Gasteiger partial charge < -0.3 is 14.6 Å². The van der Waals surface area contributed by atoms with Crippen LogP contribution in [0.1, 0.15) is 17.5 Å². The van der Waals surface area contributed by atoms with E-state index >= 15 is 0 Å². The largest absolute Gasteiger partial charge is 0.492 e. The van der Waals surface area contributed by atoms with E-state index in [9.17, 15) is 4.79 Å². The van der Waals surface area contributed by atoms with Crippen LogP contribution in [0.15, 0.2) is 48.8 Å². The highest BCUT2D eigenvalue weighted by Gasteiger charge is 2.05. The molecule has 1 heterocycles. The monoisotopic (exact) mass is 337 g/mol. The molecule has 0 fully saturated rings. The third-order valence-corrected chi connectivity index (χ3v) is 4.28. The fourth-order valence-corrected chi connectivity index (χ4v) is 2.66. The molecule has 0 saturated heterocycles. The number of aromatic nitrogens is 2. The topological polar surface area (TPSA) is 56.1 Å². The summed E-state index contributed by atoms with van der Waals surface area (Å²) in [5, 5.41) is 2.89. The van der Waals surface area contributed by atoms with Crippen LogP contribution in [-0.4, -0.2) is 28.6 Å². The van der Waals surface area contributed by atoms with Gasteiger partial charge in [-0.3, -0.25) is 4.79 Å². The minimum absolute atomic E-state index is 0.0152. The number of hydrogen-bond donors (Lipinski definition) is 1. The van der Waals surface area contributed by atoms with Gasteiger partial charge in [-0.1, -0.05) is 18.2 Å². The van der Waals surface area contributed by atoms with Crippen molar-refractivity contribution < 1.29 is 9.53 Å². The van der Waals surface area contributed by atoms with Gasteiger partial charge in [0.2, 0.25) is 5.91 Å². The standard InChI is InChI=1S/C20H23N3O2/c1-15-7-8-17(13-16(15)2)25-12-10-21-20(24)9-11-23-14-22-18-5-3-4-6-19(18)23/h3-8,13-14H,9-12H2,1-2H3,(H,21,24). The maximum absolute atomic E-state index is 12.0. The van der Waals surface area contributed by atoms with Gasteiger partial charge in [0.1, 0.15) is 12.4 Å². The van der Waals surface area contributed by atoms with Gasteiger partial charge in [-0.05, 0) is 49.2 Å². The zero-order valence-corrected chi connectivity index (χ0v) is 14.7. The van der Waals surface area contributed by atoms with E-state index in [1.165, 1.54) is 11.1 Å². The number of amides is 1. The van der Waals surface area contributed by atoms with E-state index in [1.807, 2.05) is 47.0 Å². The van der Waals surface area contributed by atoms with Crippen LogP contribution in [0.4, 0.5) is 0 Å². The Kier molecular flexibility index (Phi) is 5.33. The highest BCUT2D eigenvalue weighted by molar-refractivity contribution is 5.77.